The molecule has 1 saturated heterocycles. The Morgan fingerprint density at radius 3 is 2.19 bits per heavy atom. The van der Waals surface area contributed by atoms with Crippen LogP contribution in [0, 0.1) is 6.92 Å². The van der Waals surface area contributed by atoms with E-state index in [4.69, 9.17) is 0 Å². The Labute approximate surface area is 95.6 Å². The van der Waals surface area contributed by atoms with Gasteiger partial charge in [-0.2, -0.15) is 4.31 Å². The summed E-state index contributed by atoms with van der Waals surface area (Å²) in [5.41, 5.74) is 0.146. The monoisotopic (exact) mass is 241 g/mol. The highest BCUT2D eigenvalue weighted by atomic mass is 32.2. The highest BCUT2D eigenvalue weighted by Crippen LogP contribution is 2.27. The molecule has 0 saturated carbocycles. The average molecular weight is 241 g/mol. The molecule has 0 radical (unpaired) electrons. The molecule has 1 fully saturated rings. The molecule has 0 aromatic heterocycles. The summed E-state index contributed by atoms with van der Waals surface area (Å²) in [6, 6.07) is 6.73. The minimum Gasteiger partial charge on any atom is -0.387 e. The quantitative estimate of drug-likeness (QED) is 0.831. The molecule has 1 heterocycles. The topological polar surface area (TPSA) is 57.6 Å². The van der Waals surface area contributed by atoms with Crippen molar-refractivity contribution in [3.05, 3.63) is 29.8 Å². The van der Waals surface area contributed by atoms with E-state index in [1.165, 1.54) is 4.31 Å². The van der Waals surface area contributed by atoms with Crippen LogP contribution in [0.3, 0.4) is 0 Å². The van der Waals surface area contributed by atoms with Gasteiger partial charge in [-0.3, -0.25) is 0 Å². The molecule has 1 aromatic rings. The second-order valence-electron chi connectivity index (χ2n) is 4.58. The summed E-state index contributed by atoms with van der Waals surface area (Å²) >= 11 is 0. The van der Waals surface area contributed by atoms with Crippen LogP contribution >= 0.6 is 0 Å². The van der Waals surface area contributed by atoms with Gasteiger partial charge < -0.3 is 5.11 Å². The van der Waals surface area contributed by atoms with E-state index in [0.717, 1.165) is 5.56 Å². The van der Waals surface area contributed by atoms with Crippen molar-refractivity contribution >= 4 is 10.0 Å². The SMILES string of the molecule is Cc1ccc(S(=O)(=O)N2CC(C)(O)C2)cc1. The maximum Gasteiger partial charge on any atom is 0.243 e. The van der Waals surface area contributed by atoms with Crippen molar-refractivity contribution in [2.45, 2.75) is 24.3 Å². The summed E-state index contributed by atoms with van der Waals surface area (Å²) in [5, 5.41) is 9.53. The third-order valence-corrected chi connectivity index (χ3v) is 4.50. The van der Waals surface area contributed by atoms with Gasteiger partial charge in [-0.25, -0.2) is 8.42 Å². The zero-order valence-corrected chi connectivity index (χ0v) is 10.2. The van der Waals surface area contributed by atoms with Crippen LogP contribution in [0.5, 0.6) is 0 Å². The highest BCUT2D eigenvalue weighted by molar-refractivity contribution is 7.89. The number of sulfonamides is 1. The Balaban J connectivity index is 2.24. The Kier molecular flexibility index (Phi) is 2.57. The first-order chi connectivity index (χ1) is 7.31. The van der Waals surface area contributed by atoms with Crippen LogP contribution in [0.15, 0.2) is 29.2 Å². The minimum absolute atomic E-state index is 0.170. The van der Waals surface area contributed by atoms with Crippen LogP contribution < -0.4 is 0 Å². The number of nitrogens with zero attached hydrogens (tertiary/aromatic N) is 1. The largest absolute Gasteiger partial charge is 0.387 e. The zero-order chi connectivity index (χ0) is 12.0. The fourth-order valence-electron chi connectivity index (χ4n) is 1.74. The van der Waals surface area contributed by atoms with Crippen molar-refractivity contribution in [1.82, 2.24) is 4.31 Å². The van der Waals surface area contributed by atoms with E-state index >= 15 is 0 Å². The van der Waals surface area contributed by atoms with E-state index in [9.17, 15) is 13.5 Å². The van der Waals surface area contributed by atoms with Gasteiger partial charge in [0.05, 0.1) is 10.5 Å². The average Bonchev–Trinajstić information content (AvgIpc) is 2.14. The van der Waals surface area contributed by atoms with E-state index in [1.807, 2.05) is 6.92 Å². The molecular weight excluding hydrogens is 226 g/mol. The molecule has 88 valence electrons. The number of aliphatic hydroxyl groups is 1. The maximum atomic E-state index is 12.0. The molecule has 1 aliphatic rings. The minimum atomic E-state index is -3.42. The molecule has 0 aliphatic carbocycles. The van der Waals surface area contributed by atoms with E-state index in [-0.39, 0.29) is 18.0 Å². The van der Waals surface area contributed by atoms with E-state index in [0.29, 0.717) is 0 Å². The van der Waals surface area contributed by atoms with Crippen LogP contribution in [-0.4, -0.2) is 36.5 Å². The number of benzene rings is 1. The summed E-state index contributed by atoms with van der Waals surface area (Å²) < 4.78 is 25.3. The Hall–Kier alpha value is -0.910. The second-order valence-corrected chi connectivity index (χ2v) is 6.52. The van der Waals surface area contributed by atoms with Crippen molar-refractivity contribution in [3.63, 3.8) is 0 Å². The Morgan fingerprint density at radius 2 is 1.75 bits per heavy atom. The molecule has 1 aliphatic heterocycles. The molecule has 16 heavy (non-hydrogen) atoms. The van der Waals surface area contributed by atoms with Gasteiger partial charge in [-0.1, -0.05) is 17.7 Å². The molecule has 1 aromatic carbocycles. The summed E-state index contributed by atoms with van der Waals surface area (Å²) in [6.45, 7) is 3.88. The predicted octanol–water partition coefficient (Wildman–Crippen LogP) is 0.750. The molecule has 5 heteroatoms. The van der Waals surface area contributed by atoms with Gasteiger partial charge in [0.25, 0.3) is 0 Å². The maximum absolute atomic E-state index is 12.0. The Bertz CT molecular complexity index is 482. The molecule has 4 nitrogen and oxygen atoms in total. The molecule has 0 unspecified atom stereocenters. The molecule has 0 spiro atoms. The van der Waals surface area contributed by atoms with E-state index in [1.54, 1.807) is 31.2 Å². The van der Waals surface area contributed by atoms with E-state index in [2.05, 4.69) is 0 Å². The molecule has 0 amide bonds. The van der Waals surface area contributed by atoms with Gasteiger partial charge in [-0.15, -0.1) is 0 Å². The lowest BCUT2D eigenvalue weighted by atomic mass is 10.0. The molecule has 0 bridgehead atoms. The van der Waals surface area contributed by atoms with Gasteiger partial charge >= 0.3 is 0 Å². The van der Waals surface area contributed by atoms with Crippen molar-refractivity contribution in [1.29, 1.82) is 0 Å². The number of β-amino-alcohol motifs (C(OH)–C–C–N with tert-alkyl or cyclic N) is 1. The number of hydrogen-bond donors (Lipinski definition) is 1. The normalized spacial score (nSPS) is 20.4. The lowest BCUT2D eigenvalue weighted by Crippen LogP contribution is -2.61. The molecule has 2 rings (SSSR count). The number of rotatable bonds is 2. The fourth-order valence-corrected chi connectivity index (χ4v) is 3.42. The van der Waals surface area contributed by atoms with Crippen LogP contribution in [0.1, 0.15) is 12.5 Å². The first-order valence-corrected chi connectivity index (χ1v) is 6.54. The summed E-state index contributed by atoms with van der Waals surface area (Å²) in [6.07, 6.45) is 0. The highest BCUT2D eigenvalue weighted by Gasteiger charge is 2.43. The standard InChI is InChI=1S/C11H15NO3S/c1-9-3-5-10(6-4-9)16(14,15)12-7-11(2,13)8-12/h3-6,13H,7-8H2,1-2H3. The van der Waals surface area contributed by atoms with Gasteiger partial charge in [0, 0.05) is 13.1 Å². The number of hydrogen-bond acceptors (Lipinski definition) is 3. The summed E-state index contributed by atoms with van der Waals surface area (Å²) in [4.78, 5) is 0.286. The van der Waals surface area contributed by atoms with E-state index < -0.39 is 15.6 Å². The van der Waals surface area contributed by atoms with Crippen LogP contribution in [0.4, 0.5) is 0 Å². The smallest absolute Gasteiger partial charge is 0.243 e. The van der Waals surface area contributed by atoms with Crippen LogP contribution in [0.25, 0.3) is 0 Å². The van der Waals surface area contributed by atoms with Gasteiger partial charge in [0.15, 0.2) is 0 Å². The second kappa shape index (κ2) is 3.55. The van der Waals surface area contributed by atoms with Crippen molar-refractivity contribution in [3.8, 4) is 0 Å². The first-order valence-electron chi connectivity index (χ1n) is 5.10. The van der Waals surface area contributed by atoms with Gasteiger partial charge in [-0.05, 0) is 26.0 Å². The fraction of sp³-hybridized carbons (Fsp3) is 0.455. The lowest BCUT2D eigenvalue weighted by molar-refractivity contribution is -0.0426. The Morgan fingerprint density at radius 1 is 1.25 bits per heavy atom. The van der Waals surface area contributed by atoms with Crippen LogP contribution in [-0.2, 0) is 10.0 Å². The predicted molar refractivity (Wildman–Crippen MR) is 60.6 cm³/mol. The first kappa shape index (κ1) is 11.6. The lowest BCUT2D eigenvalue weighted by Gasteiger charge is -2.42. The summed E-state index contributed by atoms with van der Waals surface area (Å²) in [5.74, 6) is 0. The molecular formula is C11H15NO3S. The van der Waals surface area contributed by atoms with Crippen LogP contribution in [0.2, 0.25) is 0 Å². The van der Waals surface area contributed by atoms with Gasteiger partial charge in [0.1, 0.15) is 0 Å². The van der Waals surface area contributed by atoms with Crippen molar-refractivity contribution in [2.75, 3.05) is 13.1 Å². The van der Waals surface area contributed by atoms with Crippen molar-refractivity contribution < 1.29 is 13.5 Å². The number of aryl methyl sites for hydroxylation is 1. The zero-order valence-electron chi connectivity index (χ0n) is 9.34. The third kappa shape index (κ3) is 1.98. The van der Waals surface area contributed by atoms with Gasteiger partial charge in [0.2, 0.25) is 10.0 Å². The van der Waals surface area contributed by atoms with Crippen molar-refractivity contribution in [2.24, 2.45) is 0 Å². The molecule has 1 N–H and O–H groups in total. The third-order valence-electron chi connectivity index (χ3n) is 2.69. The summed E-state index contributed by atoms with van der Waals surface area (Å²) in [7, 11) is -3.42. The molecule has 0 atom stereocenters.